The fourth-order valence-corrected chi connectivity index (χ4v) is 1.98. The lowest BCUT2D eigenvalue weighted by molar-refractivity contribution is -0.117. The van der Waals surface area contributed by atoms with Crippen LogP contribution in [0.3, 0.4) is 0 Å². The summed E-state index contributed by atoms with van der Waals surface area (Å²) in [6, 6.07) is 6.85. The molecule has 7 heteroatoms. The fourth-order valence-electron chi connectivity index (χ4n) is 1.98. The second-order valence-electron chi connectivity index (χ2n) is 4.93. The molecule has 2 aromatic rings. The van der Waals surface area contributed by atoms with Crippen molar-refractivity contribution in [1.82, 2.24) is 20.2 Å². The van der Waals surface area contributed by atoms with Gasteiger partial charge in [0.25, 0.3) is 0 Å². The molecule has 0 fully saturated rings. The molecular formula is C14H20N6O. The Kier molecular flexibility index (Phi) is 4.99. The van der Waals surface area contributed by atoms with Crippen molar-refractivity contribution in [3.05, 3.63) is 30.1 Å². The Morgan fingerprint density at radius 2 is 2.29 bits per heavy atom. The van der Waals surface area contributed by atoms with Crippen LogP contribution in [0.5, 0.6) is 0 Å². The lowest BCUT2D eigenvalue weighted by atomic mass is 10.1. The molecule has 0 aliphatic rings. The largest absolute Gasteiger partial charge is 0.325 e. The minimum Gasteiger partial charge on any atom is -0.325 e. The number of tetrazole rings is 1. The van der Waals surface area contributed by atoms with Crippen LogP contribution in [0, 0.1) is 6.92 Å². The van der Waals surface area contributed by atoms with Crippen molar-refractivity contribution >= 4 is 11.6 Å². The standard InChI is InChI=1S/C14H20N6O/c1-3-4-8-13(15)14(21)16-11-6-5-7-12(9-11)20-10(2)17-18-19-20/h5-7,9,13H,3-4,8,15H2,1-2H3,(H,16,21). The van der Waals surface area contributed by atoms with E-state index in [1.807, 2.05) is 31.2 Å². The molecular weight excluding hydrogens is 268 g/mol. The number of hydrogen-bond donors (Lipinski definition) is 2. The summed E-state index contributed by atoms with van der Waals surface area (Å²) in [7, 11) is 0. The summed E-state index contributed by atoms with van der Waals surface area (Å²) in [5.74, 6) is 0.507. The van der Waals surface area contributed by atoms with Crippen molar-refractivity contribution in [1.29, 1.82) is 0 Å². The van der Waals surface area contributed by atoms with E-state index in [9.17, 15) is 4.79 Å². The number of benzene rings is 1. The Bertz CT molecular complexity index is 609. The number of aromatic nitrogens is 4. The highest BCUT2D eigenvalue weighted by Gasteiger charge is 2.13. The van der Waals surface area contributed by atoms with E-state index in [1.165, 1.54) is 0 Å². The summed E-state index contributed by atoms with van der Waals surface area (Å²) in [5.41, 5.74) is 7.33. The Balaban J connectivity index is 2.08. The second kappa shape index (κ2) is 6.94. The summed E-state index contributed by atoms with van der Waals surface area (Å²) in [4.78, 5) is 12.0. The zero-order chi connectivity index (χ0) is 15.2. The number of nitrogens with one attached hydrogen (secondary N) is 1. The number of carbonyl (C=O) groups excluding carboxylic acids is 1. The molecule has 7 nitrogen and oxygen atoms in total. The van der Waals surface area contributed by atoms with Crippen LogP contribution >= 0.6 is 0 Å². The van der Waals surface area contributed by atoms with Crippen LogP contribution in [0.15, 0.2) is 24.3 Å². The first kappa shape index (κ1) is 15.1. The van der Waals surface area contributed by atoms with Crippen LogP contribution in [0.2, 0.25) is 0 Å². The zero-order valence-electron chi connectivity index (χ0n) is 12.3. The molecule has 0 saturated carbocycles. The van der Waals surface area contributed by atoms with E-state index in [0.717, 1.165) is 18.5 Å². The number of carbonyl (C=O) groups is 1. The molecule has 2 rings (SSSR count). The number of aryl methyl sites for hydroxylation is 1. The van der Waals surface area contributed by atoms with Crippen molar-refractivity contribution in [3.8, 4) is 5.69 Å². The van der Waals surface area contributed by atoms with Gasteiger partial charge in [0.2, 0.25) is 5.91 Å². The van der Waals surface area contributed by atoms with Crippen molar-refractivity contribution in [3.63, 3.8) is 0 Å². The number of rotatable bonds is 6. The average molecular weight is 288 g/mol. The highest BCUT2D eigenvalue weighted by Crippen LogP contribution is 2.15. The quantitative estimate of drug-likeness (QED) is 0.837. The maximum Gasteiger partial charge on any atom is 0.241 e. The molecule has 21 heavy (non-hydrogen) atoms. The highest BCUT2D eigenvalue weighted by molar-refractivity contribution is 5.94. The predicted octanol–water partition coefficient (Wildman–Crippen LogP) is 1.43. The average Bonchev–Trinajstić information content (AvgIpc) is 2.91. The molecule has 1 amide bonds. The van der Waals surface area contributed by atoms with E-state index in [-0.39, 0.29) is 5.91 Å². The number of amides is 1. The van der Waals surface area contributed by atoms with Crippen molar-refractivity contribution < 1.29 is 4.79 Å². The van der Waals surface area contributed by atoms with Gasteiger partial charge in [0.15, 0.2) is 5.82 Å². The van der Waals surface area contributed by atoms with E-state index in [0.29, 0.717) is 17.9 Å². The maximum atomic E-state index is 12.0. The minimum absolute atomic E-state index is 0.172. The molecule has 3 N–H and O–H groups in total. The van der Waals surface area contributed by atoms with Crippen LogP contribution in [0.25, 0.3) is 5.69 Å². The van der Waals surface area contributed by atoms with Crippen LogP contribution in [-0.4, -0.2) is 32.2 Å². The third-order valence-electron chi connectivity index (χ3n) is 3.19. The fraction of sp³-hybridized carbons (Fsp3) is 0.429. The van der Waals surface area contributed by atoms with Gasteiger partial charge in [0, 0.05) is 5.69 Å². The van der Waals surface area contributed by atoms with Gasteiger partial charge in [-0.2, -0.15) is 4.68 Å². The predicted molar refractivity (Wildman–Crippen MR) is 80.0 cm³/mol. The second-order valence-corrected chi connectivity index (χ2v) is 4.93. The normalized spacial score (nSPS) is 12.1. The molecule has 0 aliphatic carbocycles. The molecule has 112 valence electrons. The van der Waals surface area contributed by atoms with Crippen LogP contribution in [0.1, 0.15) is 32.0 Å². The Hall–Kier alpha value is -2.28. The summed E-state index contributed by atoms with van der Waals surface area (Å²) in [6.07, 6.45) is 2.65. The highest BCUT2D eigenvalue weighted by atomic mass is 16.2. The molecule has 0 radical (unpaired) electrons. The first-order valence-electron chi connectivity index (χ1n) is 7.03. The first-order chi connectivity index (χ1) is 10.1. The van der Waals surface area contributed by atoms with Crippen molar-refractivity contribution in [2.75, 3.05) is 5.32 Å². The molecule has 1 aromatic carbocycles. The molecule has 0 spiro atoms. The lowest BCUT2D eigenvalue weighted by Crippen LogP contribution is -2.35. The zero-order valence-corrected chi connectivity index (χ0v) is 12.3. The van der Waals surface area contributed by atoms with Crippen LogP contribution in [-0.2, 0) is 4.79 Å². The molecule has 0 bridgehead atoms. The van der Waals surface area contributed by atoms with Gasteiger partial charge in [0.1, 0.15) is 0 Å². The lowest BCUT2D eigenvalue weighted by Gasteiger charge is -2.12. The number of anilines is 1. The van der Waals surface area contributed by atoms with Gasteiger partial charge in [-0.25, -0.2) is 0 Å². The van der Waals surface area contributed by atoms with Crippen molar-refractivity contribution in [2.24, 2.45) is 5.73 Å². The molecule has 0 saturated heterocycles. The minimum atomic E-state index is -0.483. The van der Waals surface area contributed by atoms with Gasteiger partial charge in [-0.05, 0) is 42.0 Å². The van der Waals surface area contributed by atoms with Gasteiger partial charge in [-0.1, -0.05) is 25.8 Å². The van der Waals surface area contributed by atoms with E-state index >= 15 is 0 Å². The van der Waals surface area contributed by atoms with Crippen LogP contribution < -0.4 is 11.1 Å². The monoisotopic (exact) mass is 288 g/mol. The van der Waals surface area contributed by atoms with Crippen LogP contribution in [0.4, 0.5) is 5.69 Å². The smallest absolute Gasteiger partial charge is 0.241 e. The summed E-state index contributed by atoms with van der Waals surface area (Å²) >= 11 is 0. The SMILES string of the molecule is CCCCC(N)C(=O)Nc1cccc(-n2nnnc2C)c1. The third kappa shape index (κ3) is 3.85. The van der Waals surface area contributed by atoms with Gasteiger partial charge in [0.05, 0.1) is 11.7 Å². The summed E-state index contributed by atoms with van der Waals surface area (Å²) in [6.45, 7) is 3.88. The first-order valence-corrected chi connectivity index (χ1v) is 7.03. The number of unbranched alkanes of at least 4 members (excludes halogenated alkanes) is 1. The molecule has 1 atom stereocenters. The van der Waals surface area contributed by atoms with E-state index in [4.69, 9.17) is 5.73 Å². The molecule has 1 heterocycles. The number of hydrogen-bond acceptors (Lipinski definition) is 5. The molecule has 0 aliphatic heterocycles. The topological polar surface area (TPSA) is 98.7 Å². The van der Waals surface area contributed by atoms with E-state index in [2.05, 4.69) is 27.8 Å². The summed E-state index contributed by atoms with van der Waals surface area (Å²) in [5, 5.41) is 14.2. The van der Waals surface area contributed by atoms with Gasteiger partial charge >= 0.3 is 0 Å². The Morgan fingerprint density at radius 3 is 2.95 bits per heavy atom. The third-order valence-corrected chi connectivity index (χ3v) is 3.19. The number of nitrogens with two attached hydrogens (primary N) is 1. The Morgan fingerprint density at radius 1 is 1.48 bits per heavy atom. The van der Waals surface area contributed by atoms with E-state index < -0.39 is 6.04 Å². The summed E-state index contributed by atoms with van der Waals surface area (Å²) < 4.78 is 1.60. The van der Waals surface area contributed by atoms with Gasteiger partial charge < -0.3 is 11.1 Å². The van der Waals surface area contributed by atoms with Gasteiger partial charge in [-0.15, -0.1) is 5.10 Å². The van der Waals surface area contributed by atoms with E-state index in [1.54, 1.807) is 4.68 Å². The number of nitrogens with zero attached hydrogens (tertiary/aromatic N) is 4. The maximum absolute atomic E-state index is 12.0. The van der Waals surface area contributed by atoms with Gasteiger partial charge in [-0.3, -0.25) is 4.79 Å². The Labute approximate surface area is 123 Å². The van der Waals surface area contributed by atoms with Crippen molar-refractivity contribution in [2.45, 2.75) is 39.2 Å². The molecule has 1 aromatic heterocycles. The molecule has 1 unspecified atom stereocenters.